The molecule has 2 rings (SSSR count). The lowest BCUT2D eigenvalue weighted by molar-refractivity contribution is 0.302. The number of hydrogen-bond donors (Lipinski definition) is 2. The quantitative estimate of drug-likeness (QED) is 0.655. The molecule has 0 aromatic heterocycles. The number of rotatable bonds is 2. The van der Waals surface area contributed by atoms with Gasteiger partial charge in [0.1, 0.15) is 5.75 Å². The minimum absolute atomic E-state index is 0.0152. The molecular formula is C13H17I2NO. The van der Waals surface area contributed by atoms with Crippen molar-refractivity contribution >= 4 is 45.2 Å². The number of nitrogens with two attached hydrogens (primary N) is 1. The van der Waals surface area contributed by atoms with Crippen LogP contribution in [-0.4, -0.2) is 5.11 Å². The molecule has 17 heavy (non-hydrogen) atoms. The molecule has 0 radical (unpaired) electrons. The van der Waals surface area contributed by atoms with E-state index in [0.29, 0.717) is 11.7 Å². The van der Waals surface area contributed by atoms with Crippen LogP contribution in [0.25, 0.3) is 0 Å². The summed E-state index contributed by atoms with van der Waals surface area (Å²) in [4.78, 5) is 0. The molecule has 0 unspecified atom stereocenters. The zero-order chi connectivity index (χ0) is 12.4. The highest BCUT2D eigenvalue weighted by Gasteiger charge is 2.24. The molecule has 0 amide bonds. The van der Waals surface area contributed by atoms with Gasteiger partial charge in [-0.15, -0.1) is 0 Å². The first-order chi connectivity index (χ1) is 8.09. The van der Waals surface area contributed by atoms with Gasteiger partial charge in [0.15, 0.2) is 0 Å². The first-order valence-corrected chi connectivity index (χ1v) is 8.19. The summed E-state index contributed by atoms with van der Waals surface area (Å²) in [6.07, 6.45) is 6.28. The van der Waals surface area contributed by atoms with E-state index in [0.717, 1.165) is 12.7 Å². The lowest BCUT2D eigenvalue weighted by Crippen LogP contribution is -2.23. The van der Waals surface area contributed by atoms with Crippen molar-refractivity contribution in [2.45, 2.75) is 38.1 Å². The molecule has 4 heteroatoms. The van der Waals surface area contributed by atoms with Crippen LogP contribution in [0.2, 0.25) is 0 Å². The Hall–Kier alpha value is 0.440. The molecule has 0 heterocycles. The molecule has 1 aliphatic carbocycles. The van der Waals surface area contributed by atoms with Crippen molar-refractivity contribution in [2.24, 2.45) is 11.7 Å². The number of hydrogen-bond acceptors (Lipinski definition) is 2. The van der Waals surface area contributed by atoms with Crippen LogP contribution in [0.3, 0.4) is 0 Å². The zero-order valence-corrected chi connectivity index (χ0v) is 13.9. The molecule has 94 valence electrons. The Morgan fingerprint density at radius 2 is 1.82 bits per heavy atom. The van der Waals surface area contributed by atoms with Crippen LogP contribution in [0.4, 0.5) is 0 Å². The summed E-state index contributed by atoms with van der Waals surface area (Å²) >= 11 is 4.45. The van der Waals surface area contributed by atoms with Crippen LogP contribution < -0.4 is 5.73 Å². The van der Waals surface area contributed by atoms with E-state index in [1.165, 1.54) is 32.1 Å². The molecular weight excluding hydrogens is 440 g/mol. The Kier molecular flexibility index (Phi) is 4.94. The predicted molar refractivity (Wildman–Crippen MR) is 87.0 cm³/mol. The second kappa shape index (κ2) is 6.06. The third-order valence-corrected chi connectivity index (χ3v) is 5.02. The number of halogens is 2. The summed E-state index contributed by atoms with van der Waals surface area (Å²) in [7, 11) is 0. The average molecular weight is 457 g/mol. The highest BCUT2D eigenvalue weighted by Crippen LogP contribution is 2.38. The van der Waals surface area contributed by atoms with E-state index in [2.05, 4.69) is 45.2 Å². The molecule has 1 aliphatic rings. The van der Waals surface area contributed by atoms with Gasteiger partial charge in [0.05, 0.1) is 3.57 Å². The van der Waals surface area contributed by atoms with Crippen LogP contribution in [-0.2, 0) is 0 Å². The fourth-order valence-electron chi connectivity index (χ4n) is 2.59. The molecule has 1 saturated carbocycles. The minimum Gasteiger partial charge on any atom is -0.506 e. The molecule has 0 saturated heterocycles. The van der Waals surface area contributed by atoms with E-state index >= 15 is 0 Å². The SMILES string of the molecule is N[C@@H](c1cc(I)cc(I)c1O)C1CCCCC1. The summed E-state index contributed by atoms with van der Waals surface area (Å²) in [5.41, 5.74) is 7.27. The summed E-state index contributed by atoms with van der Waals surface area (Å²) < 4.78 is 2.04. The summed E-state index contributed by atoms with van der Waals surface area (Å²) in [6.45, 7) is 0. The molecule has 1 fully saturated rings. The number of phenolic OH excluding ortho intramolecular Hbond substituents is 1. The second-order valence-corrected chi connectivity index (χ2v) is 7.16. The van der Waals surface area contributed by atoms with Crippen LogP contribution in [0, 0.1) is 13.1 Å². The highest BCUT2D eigenvalue weighted by atomic mass is 127. The van der Waals surface area contributed by atoms with Crippen molar-refractivity contribution in [3.63, 3.8) is 0 Å². The maximum absolute atomic E-state index is 10.1. The Morgan fingerprint density at radius 3 is 2.47 bits per heavy atom. The first-order valence-electron chi connectivity index (χ1n) is 6.03. The van der Waals surface area contributed by atoms with E-state index in [9.17, 15) is 5.11 Å². The van der Waals surface area contributed by atoms with Crippen molar-refractivity contribution in [2.75, 3.05) is 0 Å². The summed E-state index contributed by atoms with van der Waals surface area (Å²) in [6, 6.07) is 3.99. The number of aromatic hydroxyl groups is 1. The van der Waals surface area contributed by atoms with Gasteiger partial charge in [-0.3, -0.25) is 0 Å². The maximum Gasteiger partial charge on any atom is 0.133 e. The first kappa shape index (κ1) is 13.9. The molecule has 1 aromatic carbocycles. The summed E-state index contributed by atoms with van der Waals surface area (Å²) in [5, 5.41) is 10.1. The molecule has 3 N–H and O–H groups in total. The zero-order valence-electron chi connectivity index (χ0n) is 9.63. The van der Waals surface area contributed by atoms with Crippen molar-refractivity contribution in [3.8, 4) is 5.75 Å². The molecule has 0 spiro atoms. The smallest absolute Gasteiger partial charge is 0.133 e. The Morgan fingerprint density at radius 1 is 1.18 bits per heavy atom. The van der Waals surface area contributed by atoms with Gasteiger partial charge < -0.3 is 10.8 Å². The van der Waals surface area contributed by atoms with Crippen LogP contribution >= 0.6 is 45.2 Å². The highest BCUT2D eigenvalue weighted by molar-refractivity contribution is 14.1. The van der Waals surface area contributed by atoms with Crippen LogP contribution in [0.1, 0.15) is 43.7 Å². The third kappa shape index (κ3) is 3.26. The number of phenols is 1. The lowest BCUT2D eigenvalue weighted by atomic mass is 9.81. The third-order valence-electron chi connectivity index (χ3n) is 3.57. The molecule has 0 bridgehead atoms. The van der Waals surface area contributed by atoms with Gasteiger partial charge in [-0.05, 0) is 76.1 Å². The van der Waals surface area contributed by atoms with E-state index in [-0.39, 0.29) is 6.04 Å². The second-order valence-electron chi connectivity index (χ2n) is 4.75. The average Bonchev–Trinajstić information content (AvgIpc) is 2.34. The van der Waals surface area contributed by atoms with Crippen LogP contribution in [0.5, 0.6) is 5.75 Å². The van der Waals surface area contributed by atoms with Crippen LogP contribution in [0.15, 0.2) is 12.1 Å². The van der Waals surface area contributed by atoms with Crippen molar-refractivity contribution < 1.29 is 5.11 Å². The van der Waals surface area contributed by atoms with Gasteiger partial charge >= 0.3 is 0 Å². The van der Waals surface area contributed by atoms with Crippen molar-refractivity contribution in [1.82, 2.24) is 0 Å². The van der Waals surface area contributed by atoms with Gasteiger partial charge in [0, 0.05) is 15.2 Å². The summed E-state index contributed by atoms with van der Waals surface area (Å²) in [5.74, 6) is 0.910. The van der Waals surface area contributed by atoms with Crippen molar-refractivity contribution in [3.05, 3.63) is 24.8 Å². The Bertz CT molecular complexity index is 403. The largest absolute Gasteiger partial charge is 0.506 e. The van der Waals surface area contributed by atoms with E-state index in [1.807, 2.05) is 12.1 Å². The van der Waals surface area contributed by atoms with Crippen molar-refractivity contribution in [1.29, 1.82) is 0 Å². The topological polar surface area (TPSA) is 46.2 Å². The van der Waals surface area contributed by atoms with Gasteiger partial charge in [-0.2, -0.15) is 0 Å². The standard InChI is InChI=1S/C13H17I2NO/c14-9-6-10(13(17)11(15)7-9)12(16)8-4-2-1-3-5-8/h6-8,12,17H,1-5,16H2/t12-/m1/s1. The van der Waals surface area contributed by atoms with Gasteiger partial charge in [0.2, 0.25) is 0 Å². The molecule has 0 aliphatic heterocycles. The van der Waals surface area contributed by atoms with Gasteiger partial charge in [0.25, 0.3) is 0 Å². The fourth-order valence-corrected chi connectivity index (χ4v) is 4.48. The predicted octanol–water partition coefficient (Wildman–Crippen LogP) is 4.18. The van der Waals surface area contributed by atoms with Gasteiger partial charge in [-0.1, -0.05) is 19.3 Å². The van der Waals surface area contributed by atoms with E-state index in [1.54, 1.807) is 0 Å². The van der Waals surface area contributed by atoms with E-state index < -0.39 is 0 Å². The Balaban J connectivity index is 2.26. The monoisotopic (exact) mass is 457 g/mol. The van der Waals surface area contributed by atoms with E-state index in [4.69, 9.17) is 5.73 Å². The number of benzene rings is 1. The normalized spacial score (nSPS) is 19.2. The molecule has 1 aromatic rings. The fraction of sp³-hybridized carbons (Fsp3) is 0.538. The molecule has 1 atom stereocenters. The maximum atomic E-state index is 10.1. The minimum atomic E-state index is -0.0152. The Labute approximate surface area is 130 Å². The molecule has 2 nitrogen and oxygen atoms in total. The lowest BCUT2D eigenvalue weighted by Gasteiger charge is -2.28. The van der Waals surface area contributed by atoms with Gasteiger partial charge in [-0.25, -0.2) is 0 Å².